The average Bonchev–Trinajstić information content (AvgIpc) is 3.03. The number of rotatable bonds is 5. The van der Waals surface area contributed by atoms with Crippen LogP contribution in [0.2, 0.25) is 0 Å². The Kier molecular flexibility index (Phi) is 5.64. The van der Waals surface area contributed by atoms with Gasteiger partial charge in [0, 0.05) is 37.0 Å². The number of halogens is 1. The molecule has 4 rings (SSSR count). The van der Waals surface area contributed by atoms with Crippen molar-refractivity contribution in [2.45, 2.75) is 26.2 Å². The van der Waals surface area contributed by atoms with Gasteiger partial charge < -0.3 is 20.4 Å². The molecule has 7 nitrogen and oxygen atoms in total. The van der Waals surface area contributed by atoms with Gasteiger partial charge in [-0.15, -0.1) is 0 Å². The summed E-state index contributed by atoms with van der Waals surface area (Å²) >= 11 is 3.65. The number of pyridine rings is 1. The molecule has 0 aliphatic carbocycles. The second kappa shape index (κ2) is 8.27. The lowest BCUT2D eigenvalue weighted by Crippen LogP contribution is -2.12. The Balaban J connectivity index is 0.00000306. The van der Waals surface area contributed by atoms with E-state index in [0.29, 0.717) is 11.5 Å². The van der Waals surface area contributed by atoms with Crippen LogP contribution in [0.4, 0.5) is 11.6 Å². The van der Waals surface area contributed by atoms with Gasteiger partial charge in [-0.25, -0.2) is 4.98 Å². The van der Waals surface area contributed by atoms with Crippen LogP contribution in [0, 0.1) is 0 Å². The molecule has 32 heavy (non-hydrogen) atoms. The van der Waals surface area contributed by atoms with Crippen LogP contribution >= 0.6 is 15.9 Å². The van der Waals surface area contributed by atoms with Crippen LogP contribution < -0.4 is 15.8 Å². The Bertz CT molecular complexity index is 1330. The van der Waals surface area contributed by atoms with Crippen molar-refractivity contribution in [2.24, 2.45) is 12.8 Å². The summed E-state index contributed by atoms with van der Waals surface area (Å²) in [4.78, 5) is 20.0. The van der Waals surface area contributed by atoms with Gasteiger partial charge in [0.05, 0.1) is 11.0 Å². The predicted octanol–water partition coefficient (Wildman–Crippen LogP) is 5.91. The highest BCUT2D eigenvalue weighted by molar-refractivity contribution is 9.10. The van der Waals surface area contributed by atoms with Crippen LogP contribution in [0.1, 0.15) is 38.2 Å². The molecule has 8 heteroatoms. The Morgan fingerprint density at radius 2 is 1.88 bits per heavy atom. The highest BCUT2D eigenvalue weighted by Gasteiger charge is 2.18. The molecule has 0 atom stereocenters. The van der Waals surface area contributed by atoms with Crippen molar-refractivity contribution in [3.63, 3.8) is 0 Å². The fourth-order valence-corrected chi connectivity index (χ4v) is 4.25. The molecule has 166 valence electrons. The Hall–Kier alpha value is -3.39. The lowest BCUT2D eigenvalue weighted by Gasteiger charge is -2.22. The monoisotopic (exact) mass is 495 g/mol. The molecule has 2 aromatic heterocycles. The molecular weight excluding hydrogens is 470 g/mol. The Morgan fingerprint density at radius 3 is 2.59 bits per heavy atom. The van der Waals surface area contributed by atoms with Crippen LogP contribution in [0.5, 0.6) is 11.5 Å². The van der Waals surface area contributed by atoms with Crippen molar-refractivity contribution in [3.8, 4) is 11.5 Å². The highest BCUT2D eigenvalue weighted by atomic mass is 79.9. The maximum atomic E-state index is 11.3. The maximum Gasteiger partial charge on any atom is 0.267 e. The van der Waals surface area contributed by atoms with Gasteiger partial charge in [0.25, 0.3) is 5.91 Å². The van der Waals surface area contributed by atoms with Gasteiger partial charge in [-0.1, -0.05) is 36.7 Å². The third-order valence-corrected chi connectivity index (χ3v) is 5.79. The summed E-state index contributed by atoms with van der Waals surface area (Å²) < 4.78 is 8.97. The molecule has 2 heterocycles. The summed E-state index contributed by atoms with van der Waals surface area (Å²) in [6.45, 7) is 6.55. The molecule has 4 aromatic rings. The van der Waals surface area contributed by atoms with Crippen molar-refractivity contribution in [1.82, 2.24) is 14.5 Å². The van der Waals surface area contributed by atoms with E-state index < -0.39 is 5.91 Å². The van der Waals surface area contributed by atoms with E-state index in [1.54, 1.807) is 6.07 Å². The normalized spacial score (nSPS) is 11.5. The lowest BCUT2D eigenvalue weighted by molar-refractivity contribution is 0.0995. The van der Waals surface area contributed by atoms with Gasteiger partial charge in [-0.3, -0.25) is 9.78 Å². The first-order valence-electron chi connectivity index (χ1n) is 10.1. The third kappa shape index (κ3) is 4.45. The van der Waals surface area contributed by atoms with Crippen LogP contribution in [0.25, 0.3) is 11.0 Å². The fourth-order valence-electron chi connectivity index (χ4n) is 3.41. The molecule has 0 radical (unpaired) electrons. The number of anilines is 2. The summed E-state index contributed by atoms with van der Waals surface area (Å²) in [6, 6.07) is 15.0. The summed E-state index contributed by atoms with van der Waals surface area (Å²) in [6.07, 6.45) is 1.49. The van der Waals surface area contributed by atoms with E-state index in [2.05, 4.69) is 53.1 Å². The van der Waals surface area contributed by atoms with Crippen LogP contribution in [-0.4, -0.2) is 20.4 Å². The predicted molar refractivity (Wildman–Crippen MR) is 132 cm³/mol. The van der Waals surface area contributed by atoms with Crippen molar-refractivity contribution in [1.29, 1.82) is 0 Å². The zero-order valence-corrected chi connectivity index (χ0v) is 19.9. The molecule has 2 aromatic carbocycles. The van der Waals surface area contributed by atoms with E-state index in [1.165, 1.54) is 17.8 Å². The first kappa shape index (κ1) is 21.8. The van der Waals surface area contributed by atoms with E-state index in [1.807, 2.05) is 41.9 Å². The Morgan fingerprint density at radius 1 is 1.12 bits per heavy atom. The molecule has 0 aliphatic rings. The second-order valence-corrected chi connectivity index (χ2v) is 9.41. The van der Waals surface area contributed by atoms with E-state index in [0.717, 1.165) is 27.1 Å². The smallest absolute Gasteiger partial charge is 0.267 e. The quantitative estimate of drug-likeness (QED) is 0.358. The number of fused-ring (bicyclic) bond motifs is 1. The number of carbonyl (C=O) groups is 1. The molecular formula is C24H26BrN5O2. The van der Waals surface area contributed by atoms with Crippen LogP contribution in [0.3, 0.4) is 0 Å². The molecule has 0 saturated carbocycles. The number of benzene rings is 2. The van der Waals surface area contributed by atoms with E-state index in [-0.39, 0.29) is 12.5 Å². The van der Waals surface area contributed by atoms with Gasteiger partial charge in [0.1, 0.15) is 17.2 Å². The summed E-state index contributed by atoms with van der Waals surface area (Å²) in [5, 5.41) is 3.42. The molecule has 0 fully saturated rings. The molecule has 1 amide bonds. The number of aryl methyl sites for hydroxylation is 1. The molecule has 0 spiro atoms. The first-order chi connectivity index (χ1) is 15.1. The molecule has 3 N–H and O–H groups in total. The standard InChI is InChI=1S/C24H24BrN5O2.H2/c1-24(2,3)17-11-14(5-7-18(17)25)28-23-29-19-12-15(6-8-21(19)30(23)4)32-16-9-10-27-20(13-16)22(26)31;/h5-13H,1-4H3,(H2,26,31)(H,28,29);1H. The van der Waals surface area contributed by atoms with Gasteiger partial charge in [0.15, 0.2) is 0 Å². The number of nitrogens with two attached hydrogens (primary N) is 1. The van der Waals surface area contributed by atoms with Crippen LogP contribution in [-0.2, 0) is 12.5 Å². The van der Waals surface area contributed by atoms with Crippen molar-refractivity contribution >= 4 is 44.5 Å². The minimum Gasteiger partial charge on any atom is -0.457 e. The number of nitrogens with zero attached hydrogens (tertiary/aromatic N) is 3. The number of imidazole rings is 1. The molecule has 0 aliphatic heterocycles. The number of carbonyl (C=O) groups excluding carboxylic acids is 1. The number of hydrogen-bond donors (Lipinski definition) is 2. The van der Waals surface area contributed by atoms with Gasteiger partial charge in [-0.2, -0.15) is 0 Å². The highest BCUT2D eigenvalue weighted by Crippen LogP contribution is 2.33. The number of aromatic nitrogens is 3. The summed E-state index contributed by atoms with van der Waals surface area (Å²) in [5.41, 5.74) is 9.37. The van der Waals surface area contributed by atoms with Crippen molar-refractivity contribution < 1.29 is 11.0 Å². The number of hydrogen-bond acceptors (Lipinski definition) is 5. The Labute approximate surface area is 196 Å². The number of primary amides is 1. The minimum atomic E-state index is -0.603. The number of amides is 1. The second-order valence-electron chi connectivity index (χ2n) is 8.56. The number of nitrogens with one attached hydrogen (secondary N) is 1. The molecule has 0 bridgehead atoms. The van der Waals surface area contributed by atoms with E-state index >= 15 is 0 Å². The van der Waals surface area contributed by atoms with E-state index in [9.17, 15) is 4.79 Å². The zero-order valence-electron chi connectivity index (χ0n) is 18.3. The lowest BCUT2D eigenvalue weighted by atomic mass is 9.87. The van der Waals surface area contributed by atoms with Crippen LogP contribution in [0.15, 0.2) is 59.2 Å². The van der Waals surface area contributed by atoms with Gasteiger partial charge in [-0.05, 0) is 47.4 Å². The average molecular weight is 496 g/mol. The SMILES string of the molecule is Cn1c(Nc2ccc(Br)c(C(C)(C)C)c2)nc2cc(Oc3ccnc(C(N)=O)c3)ccc21.[HH]. The summed E-state index contributed by atoms with van der Waals surface area (Å²) in [5.74, 6) is 1.20. The van der Waals surface area contributed by atoms with Gasteiger partial charge in [0.2, 0.25) is 5.95 Å². The number of ether oxygens (including phenoxy) is 1. The van der Waals surface area contributed by atoms with Crippen molar-refractivity contribution in [3.05, 3.63) is 70.5 Å². The minimum absolute atomic E-state index is 0. The third-order valence-electron chi connectivity index (χ3n) is 5.10. The van der Waals surface area contributed by atoms with Gasteiger partial charge >= 0.3 is 0 Å². The van der Waals surface area contributed by atoms with Crippen molar-refractivity contribution in [2.75, 3.05) is 5.32 Å². The van der Waals surface area contributed by atoms with E-state index in [4.69, 9.17) is 15.5 Å². The molecule has 0 saturated heterocycles. The zero-order chi connectivity index (χ0) is 23.0. The largest absolute Gasteiger partial charge is 0.457 e. The first-order valence-corrected chi connectivity index (χ1v) is 10.9. The molecule has 0 unspecified atom stereocenters. The topological polar surface area (TPSA) is 95.1 Å². The summed E-state index contributed by atoms with van der Waals surface area (Å²) in [7, 11) is 1.96. The fraction of sp³-hybridized carbons (Fsp3) is 0.208. The maximum absolute atomic E-state index is 11.3.